The fraction of sp³-hybridized carbons (Fsp3) is 0.292. The SMILES string of the molecule is O=C1CC(Cc2ccc(NC(=O)N3CCn4c(Cc5cccc(F)c5)nnc4C3)cc2)C(=O)N1. The molecule has 1 unspecified atom stereocenters. The summed E-state index contributed by atoms with van der Waals surface area (Å²) in [4.78, 5) is 37.5. The number of urea groups is 1. The number of amides is 4. The summed E-state index contributed by atoms with van der Waals surface area (Å²) in [5, 5.41) is 13.7. The van der Waals surface area contributed by atoms with Crippen LogP contribution in [-0.4, -0.2) is 44.1 Å². The fourth-order valence-corrected chi connectivity index (χ4v) is 4.33. The van der Waals surface area contributed by atoms with E-state index in [1.54, 1.807) is 23.1 Å². The van der Waals surface area contributed by atoms with Gasteiger partial charge in [-0.1, -0.05) is 24.3 Å². The topological polar surface area (TPSA) is 109 Å². The van der Waals surface area contributed by atoms with Crippen LogP contribution in [0.25, 0.3) is 0 Å². The molecular weight excluding hydrogens is 439 g/mol. The quantitative estimate of drug-likeness (QED) is 0.566. The number of aromatic nitrogens is 3. The van der Waals surface area contributed by atoms with Crippen molar-refractivity contribution in [3.63, 3.8) is 0 Å². The van der Waals surface area contributed by atoms with Crippen LogP contribution in [0.2, 0.25) is 0 Å². The minimum atomic E-state index is -0.343. The number of imide groups is 1. The highest BCUT2D eigenvalue weighted by atomic mass is 19.1. The van der Waals surface area contributed by atoms with Crippen LogP contribution in [0.1, 0.15) is 29.2 Å². The van der Waals surface area contributed by atoms with Crippen molar-refractivity contribution in [1.29, 1.82) is 0 Å². The van der Waals surface area contributed by atoms with E-state index in [9.17, 15) is 18.8 Å². The summed E-state index contributed by atoms with van der Waals surface area (Å²) >= 11 is 0. The Morgan fingerprint density at radius 3 is 2.65 bits per heavy atom. The van der Waals surface area contributed by atoms with Gasteiger partial charge < -0.3 is 14.8 Å². The third-order valence-electron chi connectivity index (χ3n) is 6.12. The number of anilines is 1. The van der Waals surface area contributed by atoms with E-state index >= 15 is 0 Å². The van der Waals surface area contributed by atoms with Crippen molar-refractivity contribution in [1.82, 2.24) is 25.0 Å². The molecule has 4 amide bonds. The van der Waals surface area contributed by atoms with E-state index in [1.807, 2.05) is 22.8 Å². The molecule has 2 aliphatic rings. The maximum Gasteiger partial charge on any atom is 0.322 e. The number of hydrogen-bond donors (Lipinski definition) is 2. The van der Waals surface area contributed by atoms with Crippen LogP contribution in [0.15, 0.2) is 48.5 Å². The first-order valence-corrected chi connectivity index (χ1v) is 11.1. The predicted molar refractivity (Wildman–Crippen MR) is 120 cm³/mol. The molecule has 5 rings (SSSR count). The molecular formula is C24H23FN6O3. The van der Waals surface area contributed by atoms with Crippen LogP contribution in [0.5, 0.6) is 0 Å². The standard InChI is InChI=1S/C24H23FN6O3/c25-18-3-1-2-16(11-18)12-20-28-29-21-14-30(8-9-31(20)21)24(34)26-19-6-4-15(5-7-19)10-17-13-22(32)27-23(17)33/h1-7,11,17H,8-10,12-14H2,(H,26,34)(H,27,32,33). The number of fused-ring (bicyclic) bond motifs is 1. The van der Waals surface area contributed by atoms with E-state index in [4.69, 9.17) is 0 Å². The summed E-state index contributed by atoms with van der Waals surface area (Å²) in [5.41, 5.74) is 2.38. The first kappa shape index (κ1) is 21.7. The van der Waals surface area contributed by atoms with Crippen molar-refractivity contribution < 1.29 is 18.8 Å². The molecule has 34 heavy (non-hydrogen) atoms. The molecule has 3 heterocycles. The van der Waals surface area contributed by atoms with Gasteiger partial charge in [0.25, 0.3) is 0 Å². The Balaban J connectivity index is 1.18. The van der Waals surface area contributed by atoms with Crippen molar-refractivity contribution in [2.45, 2.75) is 32.4 Å². The van der Waals surface area contributed by atoms with Gasteiger partial charge in [0.2, 0.25) is 11.8 Å². The molecule has 2 aromatic carbocycles. The van der Waals surface area contributed by atoms with E-state index in [0.717, 1.165) is 17.0 Å². The van der Waals surface area contributed by atoms with Crippen LogP contribution in [-0.2, 0) is 35.5 Å². The maximum atomic E-state index is 13.5. The summed E-state index contributed by atoms with van der Waals surface area (Å²) < 4.78 is 15.5. The molecule has 3 aromatic rings. The molecule has 0 aliphatic carbocycles. The van der Waals surface area contributed by atoms with Gasteiger partial charge in [0.1, 0.15) is 11.6 Å². The minimum absolute atomic E-state index is 0.209. The third kappa shape index (κ3) is 4.66. The second-order valence-electron chi connectivity index (χ2n) is 8.56. The second-order valence-corrected chi connectivity index (χ2v) is 8.56. The Bertz CT molecular complexity index is 1260. The number of nitrogens with zero attached hydrogens (tertiary/aromatic N) is 4. The number of benzene rings is 2. The molecule has 2 aliphatic heterocycles. The molecule has 9 nitrogen and oxygen atoms in total. The lowest BCUT2D eigenvalue weighted by atomic mass is 9.98. The summed E-state index contributed by atoms with van der Waals surface area (Å²) in [6.07, 6.45) is 1.16. The highest BCUT2D eigenvalue weighted by Crippen LogP contribution is 2.20. The highest BCUT2D eigenvalue weighted by molar-refractivity contribution is 6.03. The molecule has 1 atom stereocenters. The lowest BCUT2D eigenvalue weighted by molar-refractivity contribution is -0.125. The molecule has 1 saturated heterocycles. The Kier molecular flexibility index (Phi) is 5.79. The molecule has 10 heteroatoms. The number of rotatable bonds is 5. The predicted octanol–water partition coefficient (Wildman–Crippen LogP) is 2.26. The van der Waals surface area contributed by atoms with E-state index in [0.29, 0.717) is 44.0 Å². The first-order valence-electron chi connectivity index (χ1n) is 11.1. The number of carbonyl (C=O) groups excluding carboxylic acids is 3. The number of carbonyl (C=O) groups is 3. The summed E-state index contributed by atoms with van der Waals surface area (Å²) in [6, 6.07) is 13.4. The Labute approximate surface area is 195 Å². The first-order chi connectivity index (χ1) is 16.4. The minimum Gasteiger partial charge on any atom is -0.315 e. The summed E-state index contributed by atoms with van der Waals surface area (Å²) in [5.74, 6) is 0.327. The van der Waals surface area contributed by atoms with E-state index in [-0.39, 0.29) is 36.0 Å². The number of nitrogens with one attached hydrogen (secondary N) is 2. The van der Waals surface area contributed by atoms with Crippen molar-refractivity contribution in [3.05, 3.63) is 77.1 Å². The molecule has 174 valence electrons. The zero-order valence-corrected chi connectivity index (χ0v) is 18.3. The van der Waals surface area contributed by atoms with Gasteiger partial charge in [-0.3, -0.25) is 14.9 Å². The van der Waals surface area contributed by atoms with Gasteiger partial charge in [-0.2, -0.15) is 0 Å². The van der Waals surface area contributed by atoms with E-state index in [2.05, 4.69) is 20.8 Å². The van der Waals surface area contributed by atoms with Gasteiger partial charge in [-0.05, 0) is 41.8 Å². The number of halogens is 1. The van der Waals surface area contributed by atoms with Gasteiger partial charge in [0, 0.05) is 31.6 Å². The van der Waals surface area contributed by atoms with Gasteiger partial charge in [0.15, 0.2) is 5.82 Å². The maximum absolute atomic E-state index is 13.5. The van der Waals surface area contributed by atoms with E-state index in [1.165, 1.54) is 12.1 Å². The zero-order valence-electron chi connectivity index (χ0n) is 18.3. The smallest absolute Gasteiger partial charge is 0.315 e. The van der Waals surface area contributed by atoms with Crippen LogP contribution in [0, 0.1) is 11.7 Å². The van der Waals surface area contributed by atoms with E-state index < -0.39 is 0 Å². The van der Waals surface area contributed by atoms with Crippen LogP contribution < -0.4 is 10.6 Å². The average Bonchev–Trinajstić information content (AvgIpc) is 3.36. The normalized spacial score (nSPS) is 17.4. The largest absolute Gasteiger partial charge is 0.322 e. The zero-order chi connectivity index (χ0) is 23.7. The van der Waals surface area contributed by atoms with Crippen molar-refractivity contribution in [2.75, 3.05) is 11.9 Å². The molecule has 0 saturated carbocycles. The molecule has 1 fully saturated rings. The third-order valence-corrected chi connectivity index (χ3v) is 6.12. The van der Waals surface area contributed by atoms with Gasteiger partial charge in [-0.15, -0.1) is 10.2 Å². The lowest BCUT2D eigenvalue weighted by Crippen LogP contribution is -2.41. The molecule has 1 aromatic heterocycles. The molecule has 0 radical (unpaired) electrons. The van der Waals surface area contributed by atoms with Crippen molar-refractivity contribution >= 4 is 23.5 Å². The number of hydrogen-bond acceptors (Lipinski definition) is 5. The van der Waals surface area contributed by atoms with Gasteiger partial charge in [0.05, 0.1) is 12.5 Å². The van der Waals surface area contributed by atoms with Crippen LogP contribution in [0.3, 0.4) is 0 Å². The molecule has 0 spiro atoms. The van der Waals surface area contributed by atoms with Gasteiger partial charge in [-0.25, -0.2) is 9.18 Å². The molecule has 0 bridgehead atoms. The summed E-state index contributed by atoms with van der Waals surface area (Å²) in [7, 11) is 0. The highest BCUT2D eigenvalue weighted by Gasteiger charge is 2.30. The molecule has 2 N–H and O–H groups in total. The van der Waals surface area contributed by atoms with Crippen molar-refractivity contribution in [3.8, 4) is 0 Å². The van der Waals surface area contributed by atoms with Crippen molar-refractivity contribution in [2.24, 2.45) is 5.92 Å². The Hall–Kier alpha value is -4.08. The summed E-state index contributed by atoms with van der Waals surface area (Å²) in [6.45, 7) is 1.38. The van der Waals surface area contributed by atoms with Gasteiger partial charge >= 0.3 is 6.03 Å². The Morgan fingerprint density at radius 2 is 1.91 bits per heavy atom. The van der Waals surface area contributed by atoms with Crippen LogP contribution >= 0.6 is 0 Å². The second kappa shape index (κ2) is 9.05. The van der Waals surface area contributed by atoms with Crippen LogP contribution in [0.4, 0.5) is 14.9 Å². The lowest BCUT2D eigenvalue weighted by Gasteiger charge is -2.28. The fourth-order valence-electron chi connectivity index (χ4n) is 4.33. The Morgan fingerprint density at radius 1 is 1.09 bits per heavy atom. The monoisotopic (exact) mass is 462 g/mol. The average molecular weight is 462 g/mol.